The number of hydrogen-bond acceptors (Lipinski definition) is 4. The van der Waals surface area contributed by atoms with E-state index in [1.807, 2.05) is 19.9 Å². The molecule has 1 heterocycles. The smallest absolute Gasteiger partial charge is 0.193 e. The molecule has 0 saturated heterocycles. The first kappa shape index (κ1) is 11.7. The molecule has 3 nitrogen and oxygen atoms in total. The number of carbonyl (C=O) groups excluding carboxylic acids is 1. The molecule has 15 heavy (non-hydrogen) atoms. The first-order chi connectivity index (χ1) is 7.11. The van der Waals surface area contributed by atoms with Gasteiger partial charge >= 0.3 is 0 Å². The van der Waals surface area contributed by atoms with Crippen molar-refractivity contribution >= 4 is 17.1 Å². The van der Waals surface area contributed by atoms with E-state index in [4.69, 9.17) is 10.00 Å². The predicted octanol–water partition coefficient (Wildman–Crippen LogP) is 2.74. The number of hydrogen-bond donors (Lipinski definition) is 0. The van der Waals surface area contributed by atoms with Gasteiger partial charge in [-0.25, -0.2) is 0 Å². The number of nitriles is 1. The highest BCUT2D eigenvalue weighted by Gasteiger charge is 2.26. The maximum atomic E-state index is 12.0. The van der Waals surface area contributed by atoms with Gasteiger partial charge in [0.1, 0.15) is 16.5 Å². The summed E-state index contributed by atoms with van der Waals surface area (Å²) in [4.78, 5) is 12.5. The van der Waals surface area contributed by atoms with Gasteiger partial charge in [0.2, 0.25) is 0 Å². The van der Waals surface area contributed by atoms with Gasteiger partial charge < -0.3 is 4.74 Å². The Balaban J connectivity index is 2.99. The van der Waals surface area contributed by atoms with Gasteiger partial charge in [-0.05, 0) is 17.4 Å². The summed E-state index contributed by atoms with van der Waals surface area (Å²) in [7, 11) is 1.52. The van der Waals surface area contributed by atoms with Crippen molar-refractivity contribution in [3.8, 4) is 11.8 Å². The van der Waals surface area contributed by atoms with Gasteiger partial charge in [-0.1, -0.05) is 13.8 Å². The second-order valence-electron chi connectivity index (χ2n) is 3.53. The Morgan fingerprint density at radius 1 is 1.60 bits per heavy atom. The molecule has 0 aromatic carbocycles. The van der Waals surface area contributed by atoms with Crippen LogP contribution in [0.4, 0.5) is 0 Å². The van der Waals surface area contributed by atoms with Crippen molar-refractivity contribution in [3.05, 3.63) is 16.3 Å². The van der Waals surface area contributed by atoms with Crippen LogP contribution in [0.3, 0.4) is 0 Å². The third-order valence-corrected chi connectivity index (χ3v) is 3.07. The number of ether oxygens (including phenoxy) is 1. The fraction of sp³-hybridized carbons (Fsp3) is 0.455. The van der Waals surface area contributed by atoms with Crippen LogP contribution in [0.2, 0.25) is 0 Å². The zero-order valence-corrected chi connectivity index (χ0v) is 9.80. The summed E-state index contributed by atoms with van der Waals surface area (Å²) in [5.74, 6) is -0.142. The van der Waals surface area contributed by atoms with E-state index in [1.54, 1.807) is 11.4 Å². The molecule has 1 unspecified atom stereocenters. The van der Waals surface area contributed by atoms with Crippen LogP contribution in [-0.2, 0) is 0 Å². The standard InChI is InChI=1S/C11H13NO2S/c1-7(2)8(6-12)10(13)11-9(14-3)4-5-15-11/h4-5,7-8H,1-3H3. The summed E-state index contributed by atoms with van der Waals surface area (Å²) in [6.45, 7) is 3.73. The highest BCUT2D eigenvalue weighted by molar-refractivity contribution is 7.12. The van der Waals surface area contributed by atoms with Crippen molar-refractivity contribution in [1.82, 2.24) is 0 Å². The molecule has 0 aliphatic heterocycles. The van der Waals surface area contributed by atoms with E-state index in [2.05, 4.69) is 0 Å². The summed E-state index contributed by atoms with van der Waals surface area (Å²) in [6.07, 6.45) is 0. The highest BCUT2D eigenvalue weighted by atomic mass is 32.1. The van der Waals surface area contributed by atoms with Crippen molar-refractivity contribution in [3.63, 3.8) is 0 Å². The van der Waals surface area contributed by atoms with Gasteiger partial charge in [-0.15, -0.1) is 11.3 Å². The zero-order valence-electron chi connectivity index (χ0n) is 8.98. The third-order valence-electron chi connectivity index (χ3n) is 2.16. The highest BCUT2D eigenvalue weighted by Crippen LogP contribution is 2.29. The minimum Gasteiger partial charge on any atom is -0.495 e. The molecule has 1 atom stereocenters. The number of nitrogens with zero attached hydrogens (tertiary/aromatic N) is 1. The van der Waals surface area contributed by atoms with E-state index in [0.29, 0.717) is 10.6 Å². The van der Waals surface area contributed by atoms with Gasteiger partial charge in [0.05, 0.1) is 13.2 Å². The number of carbonyl (C=O) groups is 1. The lowest BCUT2D eigenvalue weighted by molar-refractivity contribution is 0.0926. The molecule has 80 valence electrons. The fourth-order valence-corrected chi connectivity index (χ4v) is 2.13. The molecule has 1 aromatic heterocycles. The molecule has 0 amide bonds. The zero-order chi connectivity index (χ0) is 11.4. The van der Waals surface area contributed by atoms with Crippen LogP contribution in [0, 0.1) is 23.2 Å². The number of Topliss-reactive ketones (excluding diaryl/α,β-unsaturated/α-hetero) is 1. The molecule has 0 saturated carbocycles. The minimum absolute atomic E-state index is 0.0225. The molecule has 0 bridgehead atoms. The maximum Gasteiger partial charge on any atom is 0.193 e. The minimum atomic E-state index is -0.586. The normalized spacial score (nSPS) is 12.2. The Bertz CT molecular complexity index is 390. The van der Waals surface area contributed by atoms with Crippen LogP contribution >= 0.6 is 11.3 Å². The van der Waals surface area contributed by atoms with Crippen molar-refractivity contribution in [2.24, 2.45) is 11.8 Å². The van der Waals surface area contributed by atoms with Crippen LogP contribution in [-0.4, -0.2) is 12.9 Å². The van der Waals surface area contributed by atoms with Crippen molar-refractivity contribution < 1.29 is 9.53 Å². The molecule has 4 heteroatoms. The largest absolute Gasteiger partial charge is 0.495 e. The summed E-state index contributed by atoms with van der Waals surface area (Å²) >= 11 is 1.32. The van der Waals surface area contributed by atoms with E-state index < -0.39 is 5.92 Å². The Labute approximate surface area is 93.3 Å². The summed E-state index contributed by atoms with van der Waals surface area (Å²) in [5.41, 5.74) is 0. The molecular weight excluding hydrogens is 210 g/mol. The first-order valence-corrected chi connectivity index (χ1v) is 5.55. The van der Waals surface area contributed by atoms with Crippen molar-refractivity contribution in [2.45, 2.75) is 13.8 Å². The number of methoxy groups -OCH3 is 1. The lowest BCUT2D eigenvalue weighted by atomic mass is 9.92. The second-order valence-corrected chi connectivity index (χ2v) is 4.45. The summed E-state index contributed by atoms with van der Waals surface area (Å²) < 4.78 is 5.06. The number of rotatable bonds is 4. The van der Waals surface area contributed by atoms with E-state index in [0.717, 1.165) is 0 Å². The molecule has 0 fully saturated rings. The van der Waals surface area contributed by atoms with Crippen LogP contribution in [0.5, 0.6) is 5.75 Å². The van der Waals surface area contributed by atoms with E-state index >= 15 is 0 Å². The van der Waals surface area contributed by atoms with E-state index in [-0.39, 0.29) is 11.7 Å². The first-order valence-electron chi connectivity index (χ1n) is 4.67. The lowest BCUT2D eigenvalue weighted by Gasteiger charge is -2.11. The van der Waals surface area contributed by atoms with Crippen LogP contribution < -0.4 is 4.74 Å². The van der Waals surface area contributed by atoms with Crippen LogP contribution in [0.25, 0.3) is 0 Å². The molecule has 1 aromatic rings. The molecule has 0 N–H and O–H groups in total. The Hall–Kier alpha value is -1.34. The molecule has 0 aliphatic rings. The topological polar surface area (TPSA) is 50.1 Å². The number of ketones is 1. The van der Waals surface area contributed by atoms with Gasteiger partial charge in [0.15, 0.2) is 5.78 Å². The molecule has 1 rings (SSSR count). The van der Waals surface area contributed by atoms with Gasteiger partial charge in [0, 0.05) is 0 Å². The maximum absolute atomic E-state index is 12.0. The van der Waals surface area contributed by atoms with E-state index in [9.17, 15) is 4.79 Å². The van der Waals surface area contributed by atoms with Crippen molar-refractivity contribution in [1.29, 1.82) is 5.26 Å². The summed E-state index contributed by atoms with van der Waals surface area (Å²) in [5, 5.41) is 10.7. The average Bonchev–Trinajstić information content (AvgIpc) is 2.65. The van der Waals surface area contributed by atoms with Crippen molar-refractivity contribution in [2.75, 3.05) is 7.11 Å². The van der Waals surface area contributed by atoms with Crippen LogP contribution in [0.15, 0.2) is 11.4 Å². The molecule has 0 radical (unpaired) electrons. The van der Waals surface area contributed by atoms with Gasteiger partial charge in [-0.3, -0.25) is 4.79 Å². The van der Waals surface area contributed by atoms with E-state index in [1.165, 1.54) is 18.4 Å². The summed E-state index contributed by atoms with van der Waals surface area (Å²) in [6, 6.07) is 3.79. The molecular formula is C11H13NO2S. The van der Waals surface area contributed by atoms with Gasteiger partial charge in [0.25, 0.3) is 0 Å². The second kappa shape index (κ2) is 4.94. The lowest BCUT2D eigenvalue weighted by Crippen LogP contribution is -2.18. The number of thiophene rings is 1. The Morgan fingerprint density at radius 3 is 2.73 bits per heavy atom. The predicted molar refractivity (Wildman–Crippen MR) is 59.1 cm³/mol. The van der Waals surface area contributed by atoms with Crippen LogP contribution in [0.1, 0.15) is 23.5 Å². The SMILES string of the molecule is COc1ccsc1C(=O)C(C#N)C(C)C. The third kappa shape index (κ3) is 2.37. The Kier molecular flexibility index (Phi) is 3.87. The fourth-order valence-electron chi connectivity index (χ4n) is 1.29. The average molecular weight is 223 g/mol. The van der Waals surface area contributed by atoms with Gasteiger partial charge in [-0.2, -0.15) is 5.26 Å². The monoisotopic (exact) mass is 223 g/mol. The Morgan fingerprint density at radius 2 is 2.27 bits per heavy atom. The molecule has 0 spiro atoms. The quantitative estimate of drug-likeness (QED) is 0.737. The molecule has 0 aliphatic carbocycles.